The van der Waals surface area contributed by atoms with Crippen LogP contribution < -0.4 is 0 Å². The van der Waals surface area contributed by atoms with Crippen LogP contribution in [0.3, 0.4) is 0 Å². The molecule has 0 aliphatic heterocycles. The van der Waals surface area contributed by atoms with Gasteiger partial charge in [0.25, 0.3) is 0 Å². The highest BCUT2D eigenvalue weighted by atomic mass is 32.2. The van der Waals surface area contributed by atoms with Crippen LogP contribution in [-0.2, 0) is 9.84 Å². The average molecular weight is 231 g/mol. The summed E-state index contributed by atoms with van der Waals surface area (Å²) in [6.07, 6.45) is 5.28. The van der Waals surface area contributed by atoms with Crippen molar-refractivity contribution in [1.82, 2.24) is 0 Å². The van der Waals surface area contributed by atoms with Gasteiger partial charge in [-0.15, -0.1) is 0 Å². The van der Waals surface area contributed by atoms with Gasteiger partial charge < -0.3 is 0 Å². The van der Waals surface area contributed by atoms with Crippen molar-refractivity contribution in [3.8, 4) is 0 Å². The van der Waals surface area contributed by atoms with E-state index < -0.39 is 9.84 Å². The van der Waals surface area contributed by atoms with Gasteiger partial charge in [-0.05, 0) is 24.8 Å². The molecule has 0 saturated heterocycles. The molecule has 0 heterocycles. The predicted molar refractivity (Wildman–Crippen MR) is 59.3 cm³/mol. The maximum Gasteiger partial charge on any atom is 0.153 e. The molecule has 0 atom stereocenters. The summed E-state index contributed by atoms with van der Waals surface area (Å²) >= 11 is 0. The molecule has 0 aromatic rings. The second-order valence-electron chi connectivity index (χ2n) is 3.94. The summed E-state index contributed by atoms with van der Waals surface area (Å²) in [7, 11) is -2.95. The molecular formula is C9H17N3O2S. The van der Waals surface area contributed by atoms with Crippen LogP contribution in [0.15, 0.2) is 5.11 Å². The smallest absolute Gasteiger partial charge is 0.153 e. The van der Waals surface area contributed by atoms with E-state index in [1.54, 1.807) is 0 Å². The van der Waals surface area contributed by atoms with Gasteiger partial charge in [0.15, 0.2) is 9.84 Å². The maximum absolute atomic E-state index is 11.8. The zero-order chi connectivity index (χ0) is 11.1. The molecule has 1 aliphatic rings. The van der Waals surface area contributed by atoms with Gasteiger partial charge in [-0.3, -0.25) is 0 Å². The summed E-state index contributed by atoms with van der Waals surface area (Å²) in [5.41, 5.74) is 8.05. The van der Waals surface area contributed by atoms with Crippen molar-refractivity contribution < 1.29 is 8.42 Å². The molecule has 1 aliphatic carbocycles. The Kier molecular flexibility index (Phi) is 4.91. The van der Waals surface area contributed by atoms with Gasteiger partial charge in [0.1, 0.15) is 0 Å². The minimum Gasteiger partial charge on any atom is -0.229 e. The first kappa shape index (κ1) is 12.3. The van der Waals surface area contributed by atoms with Gasteiger partial charge in [-0.2, -0.15) is 0 Å². The van der Waals surface area contributed by atoms with Gasteiger partial charge in [-0.25, -0.2) is 8.42 Å². The average Bonchev–Trinajstić information content (AvgIpc) is 2.26. The number of sulfone groups is 1. The normalized spacial score (nSPS) is 18.4. The topological polar surface area (TPSA) is 82.9 Å². The van der Waals surface area contributed by atoms with Gasteiger partial charge in [0, 0.05) is 11.5 Å². The minimum absolute atomic E-state index is 0.141. The Morgan fingerprint density at radius 2 is 1.93 bits per heavy atom. The molecule has 0 amide bonds. The molecule has 6 heteroatoms. The van der Waals surface area contributed by atoms with E-state index in [2.05, 4.69) is 10.0 Å². The fourth-order valence-corrected chi connectivity index (χ4v) is 3.89. The zero-order valence-electron chi connectivity index (χ0n) is 8.80. The molecule has 86 valence electrons. The van der Waals surface area contributed by atoms with Crippen LogP contribution in [-0.4, -0.2) is 26.0 Å². The van der Waals surface area contributed by atoms with E-state index >= 15 is 0 Å². The third-order valence-corrected chi connectivity index (χ3v) is 5.16. The highest BCUT2D eigenvalue weighted by Gasteiger charge is 2.26. The summed E-state index contributed by atoms with van der Waals surface area (Å²) in [5, 5.41) is 3.19. The predicted octanol–water partition coefficient (Wildman–Crippen LogP) is 2.43. The second kappa shape index (κ2) is 5.98. The molecule has 15 heavy (non-hydrogen) atoms. The first-order valence-electron chi connectivity index (χ1n) is 5.39. The summed E-state index contributed by atoms with van der Waals surface area (Å²) in [6.45, 7) is 0.280. The van der Waals surface area contributed by atoms with Crippen LogP contribution in [0.4, 0.5) is 0 Å². The molecule has 0 bridgehead atoms. The Morgan fingerprint density at radius 3 is 2.53 bits per heavy atom. The van der Waals surface area contributed by atoms with E-state index in [4.69, 9.17) is 5.53 Å². The summed E-state index contributed by atoms with van der Waals surface area (Å²) in [4.78, 5) is 2.60. The highest BCUT2D eigenvalue weighted by Crippen LogP contribution is 2.24. The fourth-order valence-electron chi connectivity index (χ4n) is 1.97. The van der Waals surface area contributed by atoms with Crippen LogP contribution in [0.1, 0.15) is 38.5 Å². The molecule has 0 spiro atoms. The van der Waals surface area contributed by atoms with Crippen molar-refractivity contribution >= 4 is 9.84 Å². The third-order valence-electron chi connectivity index (χ3n) is 2.81. The second-order valence-corrected chi connectivity index (χ2v) is 6.34. The molecule has 1 saturated carbocycles. The lowest BCUT2D eigenvalue weighted by Gasteiger charge is -2.21. The van der Waals surface area contributed by atoms with Gasteiger partial charge in [0.05, 0.1) is 11.0 Å². The van der Waals surface area contributed by atoms with Crippen LogP contribution in [0.2, 0.25) is 0 Å². The van der Waals surface area contributed by atoms with Crippen LogP contribution in [0, 0.1) is 0 Å². The zero-order valence-corrected chi connectivity index (χ0v) is 9.62. The molecule has 0 aromatic heterocycles. The Hall–Kier alpha value is -0.740. The van der Waals surface area contributed by atoms with E-state index in [0.717, 1.165) is 32.1 Å². The molecule has 5 nitrogen and oxygen atoms in total. The maximum atomic E-state index is 11.8. The van der Waals surface area contributed by atoms with Crippen molar-refractivity contribution in [2.75, 3.05) is 12.3 Å². The Balaban J connectivity index is 2.39. The van der Waals surface area contributed by atoms with Crippen molar-refractivity contribution in [1.29, 1.82) is 0 Å². The van der Waals surface area contributed by atoms with Crippen LogP contribution in [0.25, 0.3) is 10.4 Å². The number of rotatable bonds is 5. The van der Waals surface area contributed by atoms with E-state index in [0.29, 0.717) is 6.42 Å². The molecular weight excluding hydrogens is 214 g/mol. The quantitative estimate of drug-likeness (QED) is 0.315. The third kappa shape index (κ3) is 4.10. The minimum atomic E-state index is -2.95. The molecule has 1 fully saturated rings. The van der Waals surface area contributed by atoms with Crippen LogP contribution >= 0.6 is 0 Å². The van der Waals surface area contributed by atoms with Crippen molar-refractivity contribution in [2.45, 2.75) is 43.8 Å². The van der Waals surface area contributed by atoms with Gasteiger partial charge in [0.2, 0.25) is 0 Å². The monoisotopic (exact) mass is 231 g/mol. The van der Waals surface area contributed by atoms with E-state index in [-0.39, 0.29) is 17.5 Å². The van der Waals surface area contributed by atoms with Gasteiger partial charge in [-0.1, -0.05) is 24.4 Å². The number of hydrogen-bond acceptors (Lipinski definition) is 3. The summed E-state index contributed by atoms with van der Waals surface area (Å²) in [5.74, 6) is 0.163. The Morgan fingerprint density at radius 1 is 1.27 bits per heavy atom. The lowest BCUT2D eigenvalue weighted by Crippen LogP contribution is -2.26. The number of hydrogen-bond donors (Lipinski definition) is 0. The SMILES string of the molecule is [N-]=[N+]=NCCCS(=O)(=O)C1CCCCC1. The summed E-state index contributed by atoms with van der Waals surface area (Å²) in [6, 6.07) is 0. The van der Waals surface area contributed by atoms with Crippen molar-refractivity contribution in [3.63, 3.8) is 0 Å². The van der Waals surface area contributed by atoms with E-state index in [1.807, 2.05) is 0 Å². The van der Waals surface area contributed by atoms with Gasteiger partial charge >= 0.3 is 0 Å². The largest absolute Gasteiger partial charge is 0.229 e. The van der Waals surface area contributed by atoms with Crippen LogP contribution in [0.5, 0.6) is 0 Å². The molecule has 1 rings (SSSR count). The first-order valence-corrected chi connectivity index (χ1v) is 7.11. The molecule has 0 unspecified atom stereocenters. The first-order chi connectivity index (χ1) is 7.17. The Labute approximate surface area is 90.4 Å². The van der Waals surface area contributed by atoms with E-state index in [1.165, 1.54) is 0 Å². The Bertz CT molecular complexity index is 327. The van der Waals surface area contributed by atoms with Crippen molar-refractivity contribution in [3.05, 3.63) is 10.4 Å². The molecule has 0 radical (unpaired) electrons. The summed E-state index contributed by atoms with van der Waals surface area (Å²) < 4.78 is 23.6. The number of azide groups is 1. The molecule has 0 N–H and O–H groups in total. The van der Waals surface area contributed by atoms with Crippen molar-refractivity contribution in [2.24, 2.45) is 5.11 Å². The van der Waals surface area contributed by atoms with E-state index in [9.17, 15) is 8.42 Å². The number of nitrogens with zero attached hydrogens (tertiary/aromatic N) is 3. The lowest BCUT2D eigenvalue weighted by atomic mass is 10.0. The molecule has 0 aromatic carbocycles. The highest BCUT2D eigenvalue weighted by molar-refractivity contribution is 7.92. The lowest BCUT2D eigenvalue weighted by molar-refractivity contribution is 0.483. The fraction of sp³-hybridized carbons (Fsp3) is 1.00. The standard InChI is InChI=1S/C9H17N3O2S/c10-12-11-7-4-8-15(13,14)9-5-2-1-3-6-9/h9H,1-8H2.